The van der Waals surface area contributed by atoms with Crippen LogP contribution < -0.4 is 0 Å². The third-order valence-corrected chi connectivity index (χ3v) is 2.93. The quantitative estimate of drug-likeness (QED) is 0.599. The summed E-state index contributed by atoms with van der Waals surface area (Å²) in [5.41, 5.74) is -0.465. The molecule has 0 bridgehead atoms. The fourth-order valence-corrected chi connectivity index (χ4v) is 1.98. The second kappa shape index (κ2) is 5.54. The van der Waals surface area contributed by atoms with E-state index in [1.54, 1.807) is 0 Å². The van der Waals surface area contributed by atoms with Crippen molar-refractivity contribution in [2.24, 2.45) is 0 Å². The van der Waals surface area contributed by atoms with E-state index in [9.17, 15) is 17.6 Å². The summed E-state index contributed by atoms with van der Waals surface area (Å²) in [6, 6.07) is 4.66. The molecule has 0 fully saturated rings. The van der Waals surface area contributed by atoms with Crippen molar-refractivity contribution in [2.75, 3.05) is 0 Å². The molecule has 2 nitrogen and oxygen atoms in total. The van der Waals surface area contributed by atoms with Crippen molar-refractivity contribution in [3.63, 3.8) is 0 Å². The number of nitrogens with zero attached hydrogens (tertiary/aromatic N) is 2. The Kier molecular flexibility index (Phi) is 4.15. The largest absolute Gasteiger partial charge is 0.416 e. The van der Waals surface area contributed by atoms with Crippen LogP contribution in [0.25, 0.3) is 0 Å². The third-order valence-electron chi connectivity index (χ3n) is 2.43. The molecule has 1 aromatic carbocycles. The average Bonchev–Trinajstić information content (AvgIpc) is 2.35. The minimum Gasteiger partial charge on any atom is -0.218 e. The van der Waals surface area contributed by atoms with Gasteiger partial charge in [0.1, 0.15) is 5.82 Å². The van der Waals surface area contributed by atoms with Gasteiger partial charge in [-0.2, -0.15) is 13.2 Å². The molecule has 0 aliphatic heterocycles. The number of halogens is 6. The van der Waals surface area contributed by atoms with Crippen molar-refractivity contribution < 1.29 is 17.6 Å². The van der Waals surface area contributed by atoms with E-state index in [1.165, 1.54) is 12.1 Å². The highest BCUT2D eigenvalue weighted by molar-refractivity contribution is 6.33. The van der Waals surface area contributed by atoms with Crippen molar-refractivity contribution in [1.82, 2.24) is 9.97 Å². The van der Waals surface area contributed by atoms with Crippen molar-refractivity contribution in [1.29, 1.82) is 0 Å². The first-order valence-corrected chi connectivity index (χ1v) is 6.06. The number of hydrogen-bond donors (Lipinski definition) is 0. The van der Waals surface area contributed by atoms with E-state index in [0.29, 0.717) is 5.56 Å². The Balaban J connectivity index is 2.31. The molecule has 0 aliphatic carbocycles. The molecule has 1 heterocycles. The Morgan fingerprint density at radius 3 is 2.20 bits per heavy atom. The molecule has 20 heavy (non-hydrogen) atoms. The summed E-state index contributed by atoms with van der Waals surface area (Å²) in [7, 11) is 0. The molecule has 0 saturated heterocycles. The summed E-state index contributed by atoms with van der Waals surface area (Å²) in [6.07, 6.45) is -4.47. The predicted molar refractivity (Wildman–Crippen MR) is 66.3 cm³/mol. The molecule has 1 aromatic heterocycles. The topological polar surface area (TPSA) is 25.8 Å². The summed E-state index contributed by atoms with van der Waals surface area (Å²) in [6.45, 7) is 0. The summed E-state index contributed by atoms with van der Waals surface area (Å²) in [5, 5.41) is -0.932. The molecular formula is C12H6Cl2F4N2. The summed E-state index contributed by atoms with van der Waals surface area (Å²) >= 11 is 11.0. The van der Waals surface area contributed by atoms with E-state index in [4.69, 9.17) is 23.2 Å². The maximum absolute atomic E-state index is 13.1. The summed E-state index contributed by atoms with van der Waals surface area (Å²) < 4.78 is 50.8. The number of aromatic nitrogens is 2. The normalized spacial score (nSPS) is 11.7. The second-order valence-corrected chi connectivity index (χ2v) is 4.63. The van der Waals surface area contributed by atoms with Gasteiger partial charge in [-0.25, -0.2) is 14.4 Å². The van der Waals surface area contributed by atoms with E-state index in [0.717, 1.165) is 12.1 Å². The minimum atomic E-state index is -4.44. The maximum atomic E-state index is 13.1. The monoisotopic (exact) mass is 324 g/mol. The van der Waals surface area contributed by atoms with E-state index in [2.05, 4.69) is 9.97 Å². The van der Waals surface area contributed by atoms with Gasteiger partial charge in [-0.3, -0.25) is 0 Å². The zero-order valence-electron chi connectivity index (χ0n) is 9.68. The van der Waals surface area contributed by atoms with Gasteiger partial charge in [-0.1, -0.05) is 41.4 Å². The van der Waals surface area contributed by atoms with E-state index < -0.39 is 27.9 Å². The van der Waals surface area contributed by atoms with Crippen LogP contribution >= 0.6 is 23.2 Å². The van der Waals surface area contributed by atoms with Gasteiger partial charge in [0.15, 0.2) is 16.1 Å². The average molecular weight is 325 g/mol. The zero-order valence-corrected chi connectivity index (χ0v) is 11.2. The molecule has 8 heteroatoms. The van der Waals surface area contributed by atoms with Crippen LogP contribution in [-0.2, 0) is 12.6 Å². The second-order valence-electron chi connectivity index (χ2n) is 3.91. The lowest BCUT2D eigenvalue weighted by Crippen LogP contribution is -2.06. The Labute approximate surface area is 121 Å². The molecule has 0 radical (unpaired) electrons. The molecule has 0 amide bonds. The maximum Gasteiger partial charge on any atom is 0.416 e. The van der Waals surface area contributed by atoms with E-state index >= 15 is 0 Å². The third kappa shape index (κ3) is 3.37. The summed E-state index contributed by atoms with van der Waals surface area (Å²) in [5.74, 6) is -0.915. The van der Waals surface area contributed by atoms with E-state index in [1.807, 2.05) is 0 Å². The van der Waals surface area contributed by atoms with Gasteiger partial charge >= 0.3 is 6.18 Å². The van der Waals surface area contributed by atoms with Crippen LogP contribution in [0.15, 0.2) is 24.3 Å². The van der Waals surface area contributed by atoms with Crippen molar-refractivity contribution >= 4 is 23.2 Å². The fraction of sp³-hybridized carbons (Fsp3) is 0.167. The lowest BCUT2D eigenvalue weighted by Gasteiger charge is -2.08. The van der Waals surface area contributed by atoms with Gasteiger partial charge in [0.25, 0.3) is 0 Å². The molecule has 0 aliphatic rings. The van der Waals surface area contributed by atoms with Gasteiger partial charge in [-0.15, -0.1) is 0 Å². The highest BCUT2D eigenvalue weighted by Gasteiger charge is 2.30. The molecule has 0 N–H and O–H groups in total. The van der Waals surface area contributed by atoms with Gasteiger partial charge in [0.2, 0.25) is 0 Å². The number of alkyl halides is 3. The standard InChI is InChI=1S/C12H6Cl2F4N2/c13-10-9(15)11(14)20-8(19-10)5-6-2-1-3-7(4-6)12(16,17)18/h1-4H,5H2. The van der Waals surface area contributed by atoms with Crippen LogP contribution in [-0.4, -0.2) is 9.97 Å². The first kappa shape index (κ1) is 15.0. The van der Waals surface area contributed by atoms with Gasteiger partial charge < -0.3 is 0 Å². The number of hydrogen-bond acceptors (Lipinski definition) is 2. The van der Waals surface area contributed by atoms with Crippen molar-refractivity contribution in [2.45, 2.75) is 12.6 Å². The van der Waals surface area contributed by atoms with Crippen LogP contribution in [0.4, 0.5) is 17.6 Å². The highest BCUT2D eigenvalue weighted by atomic mass is 35.5. The van der Waals surface area contributed by atoms with Crippen LogP contribution in [0.2, 0.25) is 10.3 Å². The van der Waals surface area contributed by atoms with Crippen molar-refractivity contribution in [3.8, 4) is 0 Å². The lowest BCUT2D eigenvalue weighted by molar-refractivity contribution is -0.137. The van der Waals surface area contributed by atoms with Crippen molar-refractivity contribution in [3.05, 3.63) is 57.3 Å². The molecule has 2 rings (SSSR count). The first-order valence-electron chi connectivity index (χ1n) is 5.31. The van der Waals surface area contributed by atoms with Gasteiger partial charge in [-0.05, 0) is 11.6 Å². The number of rotatable bonds is 2. The zero-order chi connectivity index (χ0) is 14.9. The Hall–Kier alpha value is -1.40. The summed E-state index contributed by atoms with van der Waals surface area (Å²) in [4.78, 5) is 7.27. The molecule has 2 aromatic rings. The van der Waals surface area contributed by atoms with Gasteiger partial charge in [0.05, 0.1) is 5.56 Å². The smallest absolute Gasteiger partial charge is 0.218 e. The Morgan fingerprint density at radius 1 is 1.05 bits per heavy atom. The van der Waals surface area contributed by atoms with Crippen LogP contribution in [0, 0.1) is 5.82 Å². The predicted octanol–water partition coefficient (Wildman–Crippen LogP) is 4.53. The fourth-order valence-electron chi connectivity index (χ4n) is 1.55. The lowest BCUT2D eigenvalue weighted by atomic mass is 10.1. The SMILES string of the molecule is Fc1c(Cl)nc(Cc2cccc(C(F)(F)F)c2)nc1Cl. The molecule has 0 unspecified atom stereocenters. The Morgan fingerprint density at radius 2 is 1.65 bits per heavy atom. The van der Waals surface area contributed by atoms with Crippen LogP contribution in [0.1, 0.15) is 17.0 Å². The Bertz CT molecular complexity index is 621. The highest BCUT2D eigenvalue weighted by Crippen LogP contribution is 2.30. The molecule has 0 spiro atoms. The molecule has 0 atom stereocenters. The van der Waals surface area contributed by atoms with Gasteiger partial charge in [0, 0.05) is 6.42 Å². The minimum absolute atomic E-state index is 0.0381. The van der Waals surface area contributed by atoms with E-state index in [-0.39, 0.29) is 12.2 Å². The molecule has 0 saturated carbocycles. The van der Waals surface area contributed by atoms with Crippen LogP contribution in [0.3, 0.4) is 0 Å². The van der Waals surface area contributed by atoms with Crippen LogP contribution in [0.5, 0.6) is 0 Å². The molecular weight excluding hydrogens is 319 g/mol. The molecule has 106 valence electrons. The number of benzene rings is 1. The first-order chi connectivity index (χ1) is 9.27.